The molecule has 2 aromatic carbocycles. The van der Waals surface area contributed by atoms with Crippen LogP contribution in [0.5, 0.6) is 0 Å². The molecule has 26 heavy (non-hydrogen) atoms. The molecule has 0 atom stereocenters. The van der Waals surface area contributed by atoms with Crippen molar-refractivity contribution in [1.82, 2.24) is 4.90 Å². The molecule has 0 unspecified atom stereocenters. The molecule has 0 bridgehead atoms. The monoisotopic (exact) mass is 372 g/mol. The summed E-state index contributed by atoms with van der Waals surface area (Å²) in [6.07, 6.45) is 2.39. The van der Waals surface area contributed by atoms with Gasteiger partial charge in [0.2, 0.25) is 0 Å². The van der Waals surface area contributed by atoms with Gasteiger partial charge < -0.3 is 4.90 Å². The molecule has 0 aliphatic heterocycles. The Morgan fingerprint density at radius 3 is 2.04 bits per heavy atom. The second-order valence-electron chi connectivity index (χ2n) is 6.45. The summed E-state index contributed by atoms with van der Waals surface area (Å²) in [5.41, 5.74) is 2.08. The normalized spacial score (nSPS) is 12.2. The highest BCUT2D eigenvalue weighted by Gasteiger charge is 2.18. The maximum Gasteiger partial charge on any atom is 0.283 e. The molecule has 2 aromatic rings. The molecule has 0 N–H and O–H groups in total. The van der Waals surface area contributed by atoms with Gasteiger partial charge in [-0.3, -0.25) is 0 Å². The first-order chi connectivity index (χ1) is 12.5. The summed E-state index contributed by atoms with van der Waals surface area (Å²) in [7, 11) is -3.73. The Morgan fingerprint density at radius 1 is 0.923 bits per heavy atom. The summed E-state index contributed by atoms with van der Waals surface area (Å²) < 4.78 is 29.9. The number of rotatable bonds is 8. The molecule has 0 aliphatic rings. The van der Waals surface area contributed by atoms with Gasteiger partial charge in [0.25, 0.3) is 10.0 Å². The van der Waals surface area contributed by atoms with E-state index in [9.17, 15) is 8.42 Å². The Bertz CT molecular complexity index is 807. The largest absolute Gasteiger partial charge is 0.359 e. The third-order valence-electron chi connectivity index (χ3n) is 4.10. The molecule has 5 heteroatoms. The van der Waals surface area contributed by atoms with E-state index in [0.717, 1.165) is 37.1 Å². The highest BCUT2D eigenvalue weighted by Crippen LogP contribution is 2.16. The van der Waals surface area contributed by atoms with Crippen LogP contribution in [0.3, 0.4) is 0 Å². The number of benzene rings is 2. The molecule has 0 aliphatic carbocycles. The van der Waals surface area contributed by atoms with E-state index in [-0.39, 0.29) is 4.90 Å². The van der Waals surface area contributed by atoms with E-state index in [1.54, 1.807) is 24.3 Å². The number of nitrogens with zero attached hydrogens (tertiary/aromatic N) is 2. The van der Waals surface area contributed by atoms with Crippen LogP contribution in [0.2, 0.25) is 0 Å². The van der Waals surface area contributed by atoms with Gasteiger partial charge in [-0.05, 0) is 37.5 Å². The molecule has 140 valence electrons. The molecular formula is C21H28N2O2S. The first kappa shape index (κ1) is 20.2. The van der Waals surface area contributed by atoms with Gasteiger partial charge in [0, 0.05) is 19.5 Å². The van der Waals surface area contributed by atoms with Crippen LogP contribution in [0.25, 0.3) is 0 Å². The zero-order valence-corrected chi connectivity index (χ0v) is 16.7. The van der Waals surface area contributed by atoms with Crippen molar-refractivity contribution >= 4 is 15.9 Å². The molecular weight excluding hydrogens is 344 g/mol. The van der Waals surface area contributed by atoms with Gasteiger partial charge in [-0.25, -0.2) is 0 Å². The quantitative estimate of drug-likeness (QED) is 0.508. The SMILES string of the molecule is CCCN(CCC)C(Cc1ccccc1)=NS(=O)(=O)c1ccc(C)cc1. The minimum absolute atomic E-state index is 0.238. The van der Waals surface area contributed by atoms with Crippen molar-refractivity contribution in [3.8, 4) is 0 Å². The number of aryl methyl sites for hydroxylation is 1. The van der Waals surface area contributed by atoms with Gasteiger partial charge in [-0.1, -0.05) is 61.9 Å². The summed E-state index contributed by atoms with van der Waals surface area (Å²) in [5, 5.41) is 0. The molecule has 4 nitrogen and oxygen atoms in total. The molecule has 0 saturated carbocycles. The van der Waals surface area contributed by atoms with Gasteiger partial charge in [0.1, 0.15) is 5.84 Å². The molecule has 0 radical (unpaired) electrons. The zero-order chi connectivity index (χ0) is 19.0. The van der Waals surface area contributed by atoms with E-state index < -0.39 is 10.0 Å². The Hall–Kier alpha value is -2.14. The third-order valence-corrected chi connectivity index (χ3v) is 5.42. The summed E-state index contributed by atoms with van der Waals surface area (Å²) >= 11 is 0. The number of hydrogen-bond donors (Lipinski definition) is 0. The lowest BCUT2D eigenvalue weighted by molar-refractivity contribution is 0.411. The summed E-state index contributed by atoms with van der Waals surface area (Å²) in [6.45, 7) is 7.71. The minimum Gasteiger partial charge on any atom is -0.359 e. The maximum atomic E-state index is 12.8. The fraction of sp³-hybridized carbons (Fsp3) is 0.381. The average molecular weight is 373 g/mol. The third kappa shape index (κ3) is 5.70. The smallest absolute Gasteiger partial charge is 0.283 e. The Labute approximate surface area is 157 Å². The Kier molecular flexibility index (Phi) is 7.39. The number of sulfonamides is 1. The highest BCUT2D eigenvalue weighted by atomic mass is 32.2. The van der Waals surface area contributed by atoms with E-state index in [1.165, 1.54) is 0 Å². The van der Waals surface area contributed by atoms with Gasteiger partial charge in [-0.2, -0.15) is 8.42 Å². The molecule has 0 fully saturated rings. The van der Waals surface area contributed by atoms with Crippen molar-refractivity contribution in [2.45, 2.75) is 44.9 Å². The molecule has 0 heterocycles. The van der Waals surface area contributed by atoms with Crippen molar-refractivity contribution < 1.29 is 8.42 Å². The van der Waals surface area contributed by atoms with E-state index in [1.807, 2.05) is 37.3 Å². The van der Waals surface area contributed by atoms with Crippen molar-refractivity contribution in [3.05, 3.63) is 65.7 Å². The van der Waals surface area contributed by atoms with E-state index in [0.29, 0.717) is 12.3 Å². The molecule has 2 rings (SSSR count). The fourth-order valence-electron chi connectivity index (χ4n) is 2.79. The van der Waals surface area contributed by atoms with Crippen LogP contribution in [-0.2, 0) is 16.4 Å². The van der Waals surface area contributed by atoms with Crippen LogP contribution >= 0.6 is 0 Å². The standard InChI is InChI=1S/C21H28N2O2S/c1-4-15-23(16-5-2)21(17-19-9-7-6-8-10-19)22-26(24,25)20-13-11-18(3)12-14-20/h6-14H,4-5,15-17H2,1-3H3. The van der Waals surface area contributed by atoms with Gasteiger partial charge in [0.05, 0.1) is 4.90 Å². The topological polar surface area (TPSA) is 49.7 Å². The van der Waals surface area contributed by atoms with Crippen molar-refractivity contribution in [3.63, 3.8) is 0 Å². The lowest BCUT2D eigenvalue weighted by Crippen LogP contribution is -2.34. The number of amidine groups is 1. The molecule has 0 aromatic heterocycles. The van der Waals surface area contributed by atoms with Gasteiger partial charge in [0.15, 0.2) is 0 Å². The van der Waals surface area contributed by atoms with Crippen LogP contribution < -0.4 is 0 Å². The first-order valence-corrected chi connectivity index (χ1v) is 10.6. The zero-order valence-electron chi connectivity index (χ0n) is 15.9. The predicted octanol–water partition coefficient (Wildman–Crippen LogP) is 4.45. The lowest BCUT2D eigenvalue weighted by atomic mass is 10.1. The number of hydrogen-bond acceptors (Lipinski definition) is 2. The van der Waals surface area contributed by atoms with E-state index in [4.69, 9.17) is 0 Å². The van der Waals surface area contributed by atoms with Crippen LogP contribution in [0.1, 0.15) is 37.8 Å². The van der Waals surface area contributed by atoms with Gasteiger partial charge in [-0.15, -0.1) is 4.40 Å². The Balaban J connectivity index is 2.43. The van der Waals surface area contributed by atoms with Crippen LogP contribution in [-0.4, -0.2) is 32.2 Å². The lowest BCUT2D eigenvalue weighted by Gasteiger charge is -2.25. The van der Waals surface area contributed by atoms with Crippen LogP contribution in [0.15, 0.2) is 63.9 Å². The van der Waals surface area contributed by atoms with Crippen LogP contribution in [0, 0.1) is 6.92 Å². The highest BCUT2D eigenvalue weighted by molar-refractivity contribution is 7.90. The van der Waals surface area contributed by atoms with E-state index in [2.05, 4.69) is 23.1 Å². The minimum atomic E-state index is -3.73. The maximum absolute atomic E-state index is 12.8. The van der Waals surface area contributed by atoms with Crippen molar-refractivity contribution in [2.24, 2.45) is 4.40 Å². The van der Waals surface area contributed by atoms with E-state index >= 15 is 0 Å². The second-order valence-corrected chi connectivity index (χ2v) is 8.05. The average Bonchev–Trinajstić information content (AvgIpc) is 2.62. The molecule has 0 spiro atoms. The fourth-order valence-corrected chi connectivity index (χ4v) is 3.83. The summed E-state index contributed by atoms with van der Waals surface area (Å²) in [5.74, 6) is 0.612. The first-order valence-electron chi connectivity index (χ1n) is 9.15. The second kappa shape index (κ2) is 9.53. The molecule has 0 saturated heterocycles. The predicted molar refractivity (Wildman–Crippen MR) is 108 cm³/mol. The van der Waals surface area contributed by atoms with Crippen LogP contribution in [0.4, 0.5) is 0 Å². The Morgan fingerprint density at radius 2 is 1.50 bits per heavy atom. The van der Waals surface area contributed by atoms with Gasteiger partial charge >= 0.3 is 0 Å². The summed E-state index contributed by atoms with van der Waals surface area (Å²) in [6, 6.07) is 16.7. The summed E-state index contributed by atoms with van der Waals surface area (Å²) in [4.78, 5) is 2.33. The molecule has 0 amide bonds. The van der Waals surface area contributed by atoms with Crippen molar-refractivity contribution in [2.75, 3.05) is 13.1 Å². The van der Waals surface area contributed by atoms with Crippen molar-refractivity contribution in [1.29, 1.82) is 0 Å².